The Bertz CT molecular complexity index is 1340. The molecule has 0 radical (unpaired) electrons. The van der Waals surface area contributed by atoms with Crippen molar-refractivity contribution in [2.75, 3.05) is 23.0 Å². The van der Waals surface area contributed by atoms with Crippen LogP contribution in [0.5, 0.6) is 5.75 Å². The van der Waals surface area contributed by atoms with E-state index in [4.69, 9.17) is 4.74 Å². The third kappa shape index (κ3) is 6.31. The van der Waals surface area contributed by atoms with Gasteiger partial charge in [0.1, 0.15) is 11.8 Å². The summed E-state index contributed by atoms with van der Waals surface area (Å²) < 4.78 is 31.3. The molecule has 1 amide bonds. The molecule has 7 nitrogen and oxygen atoms in total. The summed E-state index contributed by atoms with van der Waals surface area (Å²) in [5, 5.41) is 2.74. The van der Waals surface area contributed by atoms with Gasteiger partial charge in [0.05, 0.1) is 19.1 Å². The van der Waals surface area contributed by atoms with Crippen LogP contribution in [-0.4, -0.2) is 39.5 Å². The molecule has 0 fully saturated rings. The highest BCUT2D eigenvalue weighted by molar-refractivity contribution is 7.92. The Morgan fingerprint density at radius 2 is 1.53 bits per heavy atom. The molecule has 190 valence electrons. The molecule has 3 aromatic carbocycles. The molecular formula is C28H32N2O5S. The van der Waals surface area contributed by atoms with Crippen LogP contribution in [0.4, 0.5) is 11.4 Å². The second kappa shape index (κ2) is 10.5. The van der Waals surface area contributed by atoms with Crippen molar-refractivity contribution in [3.63, 3.8) is 0 Å². The van der Waals surface area contributed by atoms with Crippen LogP contribution >= 0.6 is 0 Å². The predicted molar refractivity (Wildman–Crippen MR) is 143 cm³/mol. The van der Waals surface area contributed by atoms with Crippen molar-refractivity contribution in [3.05, 3.63) is 89.5 Å². The zero-order valence-corrected chi connectivity index (χ0v) is 22.2. The van der Waals surface area contributed by atoms with Gasteiger partial charge in [0.15, 0.2) is 5.78 Å². The Morgan fingerprint density at radius 1 is 0.917 bits per heavy atom. The van der Waals surface area contributed by atoms with E-state index in [0.29, 0.717) is 28.3 Å². The highest BCUT2D eigenvalue weighted by Gasteiger charge is 2.29. The van der Waals surface area contributed by atoms with Crippen LogP contribution in [0.2, 0.25) is 0 Å². The Labute approximate surface area is 213 Å². The van der Waals surface area contributed by atoms with Gasteiger partial charge in [-0.15, -0.1) is 0 Å². The van der Waals surface area contributed by atoms with Crippen molar-refractivity contribution in [2.24, 2.45) is 0 Å². The first-order valence-electron chi connectivity index (χ1n) is 11.5. The zero-order valence-electron chi connectivity index (χ0n) is 21.4. The van der Waals surface area contributed by atoms with Gasteiger partial charge in [0.2, 0.25) is 15.9 Å². The molecule has 0 saturated heterocycles. The van der Waals surface area contributed by atoms with Gasteiger partial charge in [0.25, 0.3) is 0 Å². The number of nitrogens with zero attached hydrogens (tertiary/aromatic N) is 1. The third-order valence-corrected chi connectivity index (χ3v) is 7.06. The van der Waals surface area contributed by atoms with Gasteiger partial charge in [-0.05, 0) is 54.3 Å². The summed E-state index contributed by atoms with van der Waals surface area (Å²) in [4.78, 5) is 26.1. The minimum absolute atomic E-state index is 0.0197. The number of ether oxygens (including phenoxy) is 1. The molecule has 0 aromatic heterocycles. The van der Waals surface area contributed by atoms with E-state index in [1.165, 1.54) is 14.0 Å². The minimum atomic E-state index is -3.77. The normalized spacial score (nSPS) is 12.5. The lowest BCUT2D eigenvalue weighted by atomic mass is 9.86. The summed E-state index contributed by atoms with van der Waals surface area (Å²) in [6.45, 7) is 7.83. The van der Waals surface area contributed by atoms with Gasteiger partial charge < -0.3 is 10.1 Å². The topological polar surface area (TPSA) is 92.8 Å². The molecule has 0 unspecified atom stereocenters. The molecule has 0 aliphatic rings. The summed E-state index contributed by atoms with van der Waals surface area (Å²) in [6.07, 6.45) is 1.05. The second-order valence-electron chi connectivity index (χ2n) is 9.66. The van der Waals surface area contributed by atoms with Crippen LogP contribution < -0.4 is 14.4 Å². The molecule has 36 heavy (non-hydrogen) atoms. The molecule has 0 aliphatic heterocycles. The Hall–Kier alpha value is -3.65. The molecular weight excluding hydrogens is 476 g/mol. The lowest BCUT2D eigenvalue weighted by Crippen LogP contribution is -2.45. The van der Waals surface area contributed by atoms with Crippen molar-refractivity contribution in [3.8, 4) is 5.75 Å². The van der Waals surface area contributed by atoms with E-state index in [-0.39, 0.29) is 11.2 Å². The molecule has 0 bridgehead atoms. The largest absolute Gasteiger partial charge is 0.497 e. The first-order valence-corrected chi connectivity index (χ1v) is 13.4. The molecule has 1 N–H and O–H groups in total. The summed E-state index contributed by atoms with van der Waals surface area (Å²) in [5.74, 6) is -0.134. The van der Waals surface area contributed by atoms with Gasteiger partial charge in [-0.3, -0.25) is 13.9 Å². The fraction of sp³-hybridized carbons (Fsp3) is 0.286. The van der Waals surface area contributed by atoms with Crippen LogP contribution in [-0.2, 0) is 20.2 Å². The van der Waals surface area contributed by atoms with Crippen molar-refractivity contribution < 1.29 is 22.7 Å². The standard InChI is InChI=1S/C28H32N2O5S/c1-19(30(36(6,33)34)24-14-16-25(35-5)17-15-24)27(32)29-23-9-7-8-21(18-23)26(31)20-10-12-22(13-11-20)28(2,3)4/h7-19H,1-6H3,(H,29,32)/t19-/m0/s1. The van der Waals surface area contributed by atoms with Crippen LogP contribution in [0.25, 0.3) is 0 Å². The lowest BCUT2D eigenvalue weighted by Gasteiger charge is -2.28. The van der Waals surface area contributed by atoms with E-state index in [1.807, 2.05) is 12.1 Å². The molecule has 3 aromatic rings. The van der Waals surface area contributed by atoms with Crippen LogP contribution in [0.1, 0.15) is 49.2 Å². The first kappa shape index (κ1) is 26.9. The van der Waals surface area contributed by atoms with Gasteiger partial charge in [-0.1, -0.05) is 57.2 Å². The zero-order chi connectivity index (χ0) is 26.7. The number of amides is 1. The lowest BCUT2D eigenvalue weighted by molar-refractivity contribution is -0.116. The van der Waals surface area contributed by atoms with E-state index in [0.717, 1.165) is 16.1 Å². The Kier molecular flexibility index (Phi) is 7.89. The molecule has 0 aliphatic carbocycles. The third-order valence-electron chi connectivity index (χ3n) is 5.82. The Balaban J connectivity index is 1.80. The summed E-state index contributed by atoms with van der Waals surface area (Å²) in [6, 6.07) is 19.4. The van der Waals surface area contributed by atoms with Crippen LogP contribution in [0.3, 0.4) is 0 Å². The quantitative estimate of drug-likeness (QED) is 0.432. The van der Waals surface area contributed by atoms with Crippen molar-refractivity contribution >= 4 is 33.1 Å². The summed E-state index contributed by atoms with van der Waals surface area (Å²) in [5.41, 5.74) is 2.80. The number of carbonyl (C=O) groups excluding carboxylic acids is 2. The number of sulfonamides is 1. The maximum atomic E-state index is 13.1. The molecule has 1 atom stereocenters. The number of anilines is 2. The average molecular weight is 509 g/mol. The highest BCUT2D eigenvalue weighted by atomic mass is 32.2. The van der Waals surface area contributed by atoms with Crippen LogP contribution in [0, 0.1) is 0 Å². The minimum Gasteiger partial charge on any atom is -0.497 e. The monoisotopic (exact) mass is 508 g/mol. The van der Waals surface area contributed by atoms with Crippen LogP contribution in [0.15, 0.2) is 72.8 Å². The molecule has 0 heterocycles. The molecule has 3 rings (SSSR count). The van der Waals surface area contributed by atoms with E-state index < -0.39 is 22.0 Å². The number of benzene rings is 3. The fourth-order valence-corrected chi connectivity index (χ4v) is 4.99. The number of ketones is 1. The van der Waals surface area contributed by atoms with Gasteiger partial charge in [-0.2, -0.15) is 0 Å². The molecule has 0 saturated carbocycles. The number of hydrogen-bond acceptors (Lipinski definition) is 5. The number of carbonyl (C=O) groups is 2. The molecule has 0 spiro atoms. The van der Waals surface area contributed by atoms with Crippen molar-refractivity contribution in [2.45, 2.75) is 39.2 Å². The Morgan fingerprint density at radius 3 is 2.06 bits per heavy atom. The van der Waals surface area contributed by atoms with Gasteiger partial charge in [0, 0.05) is 16.8 Å². The van der Waals surface area contributed by atoms with Gasteiger partial charge in [-0.25, -0.2) is 8.42 Å². The number of hydrogen-bond donors (Lipinski definition) is 1. The number of nitrogens with one attached hydrogen (secondary N) is 1. The van der Waals surface area contributed by atoms with E-state index in [2.05, 4.69) is 26.1 Å². The maximum Gasteiger partial charge on any atom is 0.247 e. The first-order chi connectivity index (χ1) is 16.8. The smallest absolute Gasteiger partial charge is 0.247 e. The van der Waals surface area contributed by atoms with Crippen molar-refractivity contribution in [1.82, 2.24) is 0 Å². The number of rotatable bonds is 8. The highest BCUT2D eigenvalue weighted by Crippen LogP contribution is 2.25. The maximum absolute atomic E-state index is 13.1. The second-order valence-corrected chi connectivity index (χ2v) is 11.5. The predicted octanol–water partition coefficient (Wildman–Crippen LogP) is 5.02. The fourth-order valence-electron chi connectivity index (χ4n) is 3.81. The summed E-state index contributed by atoms with van der Waals surface area (Å²) in [7, 11) is -2.26. The van der Waals surface area contributed by atoms with Gasteiger partial charge >= 0.3 is 0 Å². The van der Waals surface area contributed by atoms with E-state index >= 15 is 0 Å². The van der Waals surface area contributed by atoms with Crippen molar-refractivity contribution in [1.29, 1.82) is 0 Å². The molecule has 8 heteroatoms. The SMILES string of the molecule is COc1ccc(N([C@@H](C)C(=O)Nc2cccc(C(=O)c3ccc(C(C)(C)C)cc3)c2)S(C)(=O)=O)cc1. The average Bonchev–Trinajstić information content (AvgIpc) is 2.83. The van der Waals surface area contributed by atoms with E-state index in [9.17, 15) is 18.0 Å². The summed E-state index contributed by atoms with van der Waals surface area (Å²) >= 11 is 0. The number of methoxy groups -OCH3 is 1. The van der Waals surface area contributed by atoms with E-state index in [1.54, 1.807) is 60.7 Å².